The molecule has 124 heavy (non-hydrogen) atoms. The predicted octanol–water partition coefficient (Wildman–Crippen LogP) is 29.6. The summed E-state index contributed by atoms with van der Waals surface area (Å²) in [7, 11) is 0. The Hall–Kier alpha value is -16.8. The number of benzene rings is 17. The Kier molecular flexibility index (Phi) is 17.1. The van der Waals surface area contributed by atoms with Crippen molar-refractivity contribution >= 4 is 142 Å². The Bertz CT molecular complexity index is 8650. The van der Waals surface area contributed by atoms with E-state index in [4.69, 9.17) is 15.0 Å². The van der Waals surface area contributed by atoms with Crippen LogP contribution in [0.3, 0.4) is 0 Å². The monoisotopic (exact) mass is 1580 g/mol. The van der Waals surface area contributed by atoms with Crippen LogP contribution in [0.5, 0.6) is 0 Å². The molecule has 0 atom stereocenters. The van der Waals surface area contributed by atoms with E-state index in [1.165, 1.54) is 137 Å². The molecule has 0 fully saturated rings. The molecule has 26 rings (SSSR count). The first kappa shape index (κ1) is 71.4. The van der Waals surface area contributed by atoms with Gasteiger partial charge in [-0.25, -0.2) is 0 Å². The number of rotatable bonds is 10. The minimum atomic E-state index is 1.01. The topological polar surface area (TPSA) is 68.2 Å². The molecular formula is C115H75N9. The normalized spacial score (nSPS) is 11.7. The van der Waals surface area contributed by atoms with E-state index in [1.807, 2.05) is 36.8 Å². The van der Waals surface area contributed by atoms with E-state index in [0.717, 1.165) is 83.8 Å². The van der Waals surface area contributed by atoms with Gasteiger partial charge in [-0.05, 0) is 219 Å². The molecule has 9 aromatic heterocycles. The third-order valence-corrected chi connectivity index (χ3v) is 24.9. The van der Waals surface area contributed by atoms with E-state index in [2.05, 4.69) is 446 Å². The van der Waals surface area contributed by atoms with Crippen molar-refractivity contribution in [1.29, 1.82) is 0 Å². The number of hydrogen-bond donors (Lipinski definition) is 0. The van der Waals surface area contributed by atoms with Gasteiger partial charge in [0.05, 0.1) is 82.8 Å². The van der Waals surface area contributed by atoms with E-state index in [1.54, 1.807) is 0 Å². The molecule has 9 heteroatoms. The fraction of sp³-hybridized carbons (Fsp3) is 0. The number of pyridine rings is 3. The molecule has 9 nitrogen and oxygen atoms in total. The predicted molar refractivity (Wildman–Crippen MR) is 518 cm³/mol. The highest BCUT2D eigenvalue weighted by Crippen LogP contribution is 2.46. The number of hydrogen-bond acceptors (Lipinski definition) is 3. The van der Waals surface area contributed by atoms with Crippen LogP contribution in [0.2, 0.25) is 0 Å². The van der Waals surface area contributed by atoms with Gasteiger partial charge in [0, 0.05) is 101 Å². The largest absolute Gasteiger partial charge is 0.309 e. The van der Waals surface area contributed by atoms with Crippen molar-refractivity contribution in [3.63, 3.8) is 0 Å². The van der Waals surface area contributed by atoms with Crippen LogP contribution in [0, 0.1) is 0 Å². The number of fused-ring (bicyclic) bond motifs is 19. The molecule has 9 heterocycles. The molecule has 0 amide bonds. The second-order valence-corrected chi connectivity index (χ2v) is 31.8. The summed E-state index contributed by atoms with van der Waals surface area (Å²) in [6, 6.07) is 156. The van der Waals surface area contributed by atoms with Crippen molar-refractivity contribution in [3.8, 4) is 78.6 Å². The maximum absolute atomic E-state index is 4.91. The maximum Gasteiger partial charge on any atom is 0.0969 e. The minimum absolute atomic E-state index is 1.01. The van der Waals surface area contributed by atoms with Gasteiger partial charge >= 0.3 is 0 Å². The minimum Gasteiger partial charge on any atom is -0.309 e. The Morgan fingerprint density at radius 1 is 0.145 bits per heavy atom. The standard InChI is InChI=1S/C41H27N3.C39H25N3.C35H23N3/c1-3-11-28(12-4-1)29-20-23-32(24-21-29)43-36-17-8-7-15-34(36)35-25-22-30(27-39(35)43)33-16-9-18-37-40(33)41-38(19-10-26-42-41)44(37)31-13-5-2-6-14-31;1-2-12-29(13-3-1)41-35-17-8-15-31(38(35)39-36(41)18-9-23-40-39)28-20-22-33-32-14-6-7-16-34(32)42(37(33)25-28)30-21-19-26-10-4-5-11-27(26)24-30;1-3-11-25(12-4-1)37-30-17-8-7-15-28(30)29-21-20-24(23-33(29)37)27-16-9-18-31-34(27)35-32(19-10-22-36-35)38(31)26-13-5-2-6-14-26/h1-27H;1-25H;1-23H. The van der Waals surface area contributed by atoms with Crippen LogP contribution in [0.4, 0.5) is 0 Å². The van der Waals surface area contributed by atoms with Gasteiger partial charge in [0.25, 0.3) is 0 Å². The van der Waals surface area contributed by atoms with E-state index in [9.17, 15) is 0 Å². The molecule has 0 saturated carbocycles. The van der Waals surface area contributed by atoms with Gasteiger partial charge in [0.15, 0.2) is 0 Å². The van der Waals surface area contributed by atoms with Crippen LogP contribution < -0.4 is 0 Å². The van der Waals surface area contributed by atoms with Crippen molar-refractivity contribution in [1.82, 2.24) is 42.4 Å². The van der Waals surface area contributed by atoms with Crippen molar-refractivity contribution < 1.29 is 0 Å². The quantitative estimate of drug-likeness (QED) is 0.137. The molecule has 0 aliphatic rings. The van der Waals surface area contributed by atoms with Crippen LogP contribution in [-0.2, 0) is 0 Å². The molecule has 580 valence electrons. The van der Waals surface area contributed by atoms with Crippen molar-refractivity contribution in [2.75, 3.05) is 0 Å². The summed E-state index contributed by atoms with van der Waals surface area (Å²) in [5, 5.41) is 13.5. The zero-order valence-corrected chi connectivity index (χ0v) is 67.3. The fourth-order valence-electron chi connectivity index (χ4n) is 19.5. The van der Waals surface area contributed by atoms with Crippen molar-refractivity contribution in [2.45, 2.75) is 0 Å². The first-order chi connectivity index (χ1) is 61.6. The average Bonchev–Trinajstić information content (AvgIpc) is 1.58. The van der Waals surface area contributed by atoms with E-state index in [-0.39, 0.29) is 0 Å². The number of aromatic nitrogens is 9. The average molecular weight is 1580 g/mol. The Morgan fingerprint density at radius 2 is 0.411 bits per heavy atom. The molecule has 0 saturated heterocycles. The molecule has 17 aromatic carbocycles. The molecule has 0 spiro atoms. The van der Waals surface area contributed by atoms with Crippen LogP contribution in [0.25, 0.3) is 221 Å². The SMILES string of the molecule is c1ccc(-c2ccc(-n3c4ccccc4c4ccc(-c5cccc6c5c5ncccc5n6-c5ccccc5)cc43)cc2)cc1.c1ccc(-n2c3ccccc3c3ccc(-c4cccc5c4c4ncccc4n5-c4ccccc4)cc32)cc1.c1ccc(-n2c3cccnc3c3c(-c4ccc5c6ccccc6n(-c6ccc7ccccc7c6)c5c4)cccc32)cc1. The fourth-order valence-corrected chi connectivity index (χ4v) is 19.5. The molecule has 0 aliphatic heterocycles. The lowest BCUT2D eigenvalue weighted by atomic mass is 9.99. The summed E-state index contributed by atoms with van der Waals surface area (Å²) in [6.45, 7) is 0. The summed E-state index contributed by atoms with van der Waals surface area (Å²) in [6.07, 6.45) is 5.69. The van der Waals surface area contributed by atoms with Crippen molar-refractivity contribution in [2.24, 2.45) is 0 Å². The van der Waals surface area contributed by atoms with E-state index >= 15 is 0 Å². The highest BCUT2D eigenvalue weighted by molar-refractivity contribution is 6.20. The summed E-state index contributed by atoms with van der Waals surface area (Å²) in [5.41, 5.74) is 33.4. The van der Waals surface area contributed by atoms with E-state index < -0.39 is 0 Å². The van der Waals surface area contributed by atoms with Gasteiger partial charge in [-0.15, -0.1) is 0 Å². The summed E-state index contributed by atoms with van der Waals surface area (Å²) in [4.78, 5) is 14.7. The summed E-state index contributed by atoms with van der Waals surface area (Å²) < 4.78 is 14.2. The van der Waals surface area contributed by atoms with Crippen molar-refractivity contribution in [3.05, 3.63) is 455 Å². The Morgan fingerprint density at radius 3 is 0.790 bits per heavy atom. The van der Waals surface area contributed by atoms with Gasteiger partial charge in [-0.2, -0.15) is 0 Å². The third kappa shape index (κ3) is 11.7. The van der Waals surface area contributed by atoms with Crippen LogP contribution >= 0.6 is 0 Å². The van der Waals surface area contributed by atoms with Gasteiger partial charge < -0.3 is 27.4 Å². The van der Waals surface area contributed by atoms with Crippen LogP contribution in [0.15, 0.2) is 455 Å². The number of nitrogens with zero attached hydrogens (tertiary/aromatic N) is 9. The molecule has 0 N–H and O–H groups in total. The molecule has 0 aliphatic carbocycles. The molecular weight excluding hydrogens is 1510 g/mol. The van der Waals surface area contributed by atoms with E-state index in [0.29, 0.717) is 0 Å². The van der Waals surface area contributed by atoms with Crippen LogP contribution in [0.1, 0.15) is 0 Å². The van der Waals surface area contributed by atoms with Gasteiger partial charge in [-0.3, -0.25) is 15.0 Å². The lowest BCUT2D eigenvalue weighted by Crippen LogP contribution is -1.94. The Labute approximate surface area is 713 Å². The molecule has 0 bridgehead atoms. The first-order valence-electron chi connectivity index (χ1n) is 42.2. The zero-order chi connectivity index (χ0) is 81.7. The Balaban J connectivity index is 0.000000105. The lowest BCUT2D eigenvalue weighted by Gasteiger charge is -2.11. The smallest absolute Gasteiger partial charge is 0.0969 e. The van der Waals surface area contributed by atoms with Gasteiger partial charge in [0.2, 0.25) is 0 Å². The first-order valence-corrected chi connectivity index (χ1v) is 42.2. The molecule has 26 aromatic rings. The highest BCUT2D eigenvalue weighted by atomic mass is 15.0. The number of para-hydroxylation sites is 7. The summed E-state index contributed by atoms with van der Waals surface area (Å²) in [5.74, 6) is 0. The van der Waals surface area contributed by atoms with Gasteiger partial charge in [-0.1, -0.05) is 273 Å². The molecule has 0 radical (unpaired) electrons. The second kappa shape index (κ2) is 29.6. The highest BCUT2D eigenvalue weighted by Gasteiger charge is 2.25. The second-order valence-electron chi connectivity index (χ2n) is 31.8. The maximum atomic E-state index is 4.91. The summed E-state index contributed by atoms with van der Waals surface area (Å²) >= 11 is 0. The molecule has 0 unspecified atom stereocenters. The lowest BCUT2D eigenvalue weighted by molar-refractivity contribution is 1.17. The third-order valence-electron chi connectivity index (χ3n) is 24.9. The van der Waals surface area contributed by atoms with Gasteiger partial charge in [0.1, 0.15) is 0 Å². The zero-order valence-electron chi connectivity index (χ0n) is 67.3. The van der Waals surface area contributed by atoms with Crippen LogP contribution in [-0.4, -0.2) is 42.4 Å².